The summed E-state index contributed by atoms with van der Waals surface area (Å²) in [5.74, 6) is 0. The highest BCUT2D eigenvalue weighted by Crippen LogP contribution is 2.25. The second kappa shape index (κ2) is 4.76. The molecule has 0 saturated heterocycles. The van der Waals surface area contributed by atoms with Crippen LogP contribution in [0.15, 0.2) is 29.4 Å². The molecule has 0 unspecified atom stereocenters. The molecule has 0 fully saturated rings. The number of aryl methyl sites for hydroxylation is 3. The van der Waals surface area contributed by atoms with Crippen LogP contribution in [0.3, 0.4) is 0 Å². The molecule has 0 radical (unpaired) electrons. The molecule has 8 nitrogen and oxygen atoms in total. The molecule has 0 aromatic heterocycles. The third kappa shape index (κ3) is 2.32. The number of hydrogen-bond acceptors (Lipinski definition) is 5. The normalized spacial score (nSPS) is 14.9. The topological polar surface area (TPSA) is 95.8 Å². The summed E-state index contributed by atoms with van der Waals surface area (Å²) in [6.45, 7) is 5.26. The van der Waals surface area contributed by atoms with Crippen LogP contribution in [0.4, 0.5) is 0 Å². The van der Waals surface area contributed by atoms with E-state index in [-0.39, 0.29) is 4.90 Å². The van der Waals surface area contributed by atoms with E-state index in [1.165, 1.54) is 0 Å². The fraction of sp³-hybridized carbons (Fsp3) is 0.273. The van der Waals surface area contributed by atoms with Gasteiger partial charge >= 0.3 is 0 Å². The van der Waals surface area contributed by atoms with E-state index < -0.39 is 15.1 Å². The van der Waals surface area contributed by atoms with Gasteiger partial charge in [-0.2, -0.15) is 12.8 Å². The molecule has 0 saturated carbocycles. The van der Waals surface area contributed by atoms with Crippen molar-refractivity contribution in [3.63, 3.8) is 0 Å². The number of nitrogens with zero attached hydrogens (tertiary/aromatic N) is 3. The quantitative estimate of drug-likeness (QED) is 0.660. The van der Waals surface area contributed by atoms with Gasteiger partial charge in [0.15, 0.2) is 5.03 Å². The van der Waals surface area contributed by atoms with Crippen molar-refractivity contribution in [2.45, 2.75) is 25.7 Å². The molecule has 0 spiro atoms. The Morgan fingerprint density at radius 3 is 2.15 bits per heavy atom. The van der Waals surface area contributed by atoms with E-state index in [1.54, 1.807) is 26.0 Å². The van der Waals surface area contributed by atoms with Gasteiger partial charge in [0.2, 0.25) is 0 Å². The van der Waals surface area contributed by atoms with Crippen LogP contribution < -0.4 is 5.53 Å². The summed E-state index contributed by atoms with van der Waals surface area (Å²) >= 11 is 0. The van der Waals surface area contributed by atoms with Gasteiger partial charge in [0.1, 0.15) is 6.20 Å². The van der Waals surface area contributed by atoms with Crippen molar-refractivity contribution < 1.29 is 13.5 Å². The summed E-state index contributed by atoms with van der Waals surface area (Å²) in [6.07, 6.45) is 2.12. The smallest absolute Gasteiger partial charge is 0.233 e. The second-order valence-corrected chi connectivity index (χ2v) is 6.26. The number of hydrazine groups is 3. The lowest BCUT2D eigenvalue weighted by Crippen LogP contribution is -2.45. The Morgan fingerprint density at radius 1 is 1.15 bits per heavy atom. The first-order chi connectivity index (χ1) is 9.23. The van der Waals surface area contributed by atoms with Gasteiger partial charge < -0.3 is 0 Å². The van der Waals surface area contributed by atoms with Gasteiger partial charge in [-0.15, -0.1) is 0 Å². The van der Waals surface area contributed by atoms with Crippen LogP contribution >= 0.6 is 0 Å². The van der Waals surface area contributed by atoms with Crippen molar-refractivity contribution >= 4 is 10.0 Å². The number of hydrogen-bond donors (Lipinski definition) is 1. The Labute approximate surface area is 116 Å². The van der Waals surface area contributed by atoms with E-state index in [2.05, 4.69) is 5.53 Å². The maximum Gasteiger partial charge on any atom is 0.279 e. The highest BCUT2D eigenvalue weighted by Gasteiger charge is 2.32. The standard InChI is InChI=1S/C11H14N4O4S/c1-8-6-9(2)11(10(3)7-8)20(18,19)14-5-4-13(12-14)15(16)17/h4-7,12H,1-3H3. The van der Waals surface area contributed by atoms with E-state index in [0.29, 0.717) is 16.2 Å². The Balaban J connectivity index is 2.43. The molecule has 2 rings (SSSR count). The van der Waals surface area contributed by atoms with E-state index in [9.17, 15) is 18.5 Å². The average molecular weight is 298 g/mol. The minimum atomic E-state index is -3.89. The molecule has 1 N–H and O–H groups in total. The second-order valence-electron chi connectivity index (χ2n) is 4.51. The lowest BCUT2D eigenvalue weighted by Gasteiger charge is -2.19. The number of rotatable bonds is 3. The molecule has 1 aromatic rings. The Morgan fingerprint density at radius 2 is 1.70 bits per heavy atom. The van der Waals surface area contributed by atoms with Gasteiger partial charge in [-0.05, 0) is 37.0 Å². The van der Waals surface area contributed by atoms with Crippen LogP contribution in [-0.2, 0) is 10.0 Å². The van der Waals surface area contributed by atoms with Crippen molar-refractivity contribution in [3.05, 3.63) is 51.3 Å². The molecule has 1 aliphatic rings. The van der Waals surface area contributed by atoms with Crippen molar-refractivity contribution in [1.82, 2.24) is 15.1 Å². The first-order valence-electron chi connectivity index (χ1n) is 5.74. The van der Waals surface area contributed by atoms with E-state index in [0.717, 1.165) is 22.4 Å². The molecule has 1 aliphatic heterocycles. The van der Waals surface area contributed by atoms with Crippen molar-refractivity contribution in [2.75, 3.05) is 0 Å². The van der Waals surface area contributed by atoms with Crippen LogP contribution in [0.25, 0.3) is 0 Å². The summed E-state index contributed by atoms with van der Waals surface area (Å²) in [4.78, 5) is 10.7. The third-order valence-corrected chi connectivity index (χ3v) is 4.72. The van der Waals surface area contributed by atoms with Crippen LogP contribution in [0.1, 0.15) is 16.7 Å². The van der Waals surface area contributed by atoms with Crippen LogP contribution in [0.5, 0.6) is 0 Å². The van der Waals surface area contributed by atoms with Crippen LogP contribution in [-0.4, -0.2) is 23.0 Å². The lowest BCUT2D eigenvalue weighted by atomic mass is 10.1. The summed E-state index contributed by atoms with van der Waals surface area (Å²) in [5.41, 5.74) is 4.31. The van der Waals surface area contributed by atoms with Crippen LogP contribution in [0, 0.1) is 30.9 Å². The molecular weight excluding hydrogens is 284 g/mol. The minimum Gasteiger partial charge on any atom is -0.233 e. The fourth-order valence-corrected chi connectivity index (χ4v) is 3.72. The zero-order valence-corrected chi connectivity index (χ0v) is 12.0. The van der Waals surface area contributed by atoms with Gasteiger partial charge in [-0.1, -0.05) is 23.2 Å². The van der Waals surface area contributed by atoms with Gasteiger partial charge in [0.05, 0.1) is 11.1 Å². The van der Waals surface area contributed by atoms with E-state index in [1.807, 2.05) is 6.92 Å². The molecule has 0 amide bonds. The highest BCUT2D eigenvalue weighted by atomic mass is 32.2. The number of nitrogens with one attached hydrogen (secondary N) is 1. The summed E-state index contributed by atoms with van der Waals surface area (Å²) < 4.78 is 25.8. The monoisotopic (exact) mass is 298 g/mol. The molecule has 1 heterocycles. The van der Waals surface area contributed by atoms with E-state index in [4.69, 9.17) is 0 Å². The summed E-state index contributed by atoms with van der Waals surface area (Å²) in [6, 6.07) is 3.51. The largest absolute Gasteiger partial charge is 0.279 e. The maximum atomic E-state index is 12.5. The fourth-order valence-electron chi connectivity index (χ4n) is 2.19. The van der Waals surface area contributed by atoms with Crippen molar-refractivity contribution in [3.8, 4) is 0 Å². The van der Waals surface area contributed by atoms with Gasteiger partial charge in [-0.25, -0.2) is 10.1 Å². The number of benzene rings is 1. The van der Waals surface area contributed by atoms with Crippen molar-refractivity contribution in [2.24, 2.45) is 0 Å². The molecule has 108 valence electrons. The number of sulfonamides is 1. The summed E-state index contributed by atoms with van der Waals surface area (Å²) in [7, 11) is -3.89. The molecule has 0 atom stereocenters. The van der Waals surface area contributed by atoms with Crippen molar-refractivity contribution in [1.29, 1.82) is 0 Å². The van der Waals surface area contributed by atoms with Gasteiger partial charge in [-0.3, -0.25) is 0 Å². The molecular formula is C11H14N4O4S. The SMILES string of the molecule is Cc1cc(C)c(S(=O)(=O)N2C=CN([N+](=O)[O-])N2)c(C)c1. The predicted octanol–water partition coefficient (Wildman–Crippen LogP) is 1.00. The maximum absolute atomic E-state index is 12.5. The zero-order valence-electron chi connectivity index (χ0n) is 11.2. The Kier molecular flexibility index (Phi) is 3.40. The molecule has 1 aromatic carbocycles. The summed E-state index contributed by atoms with van der Waals surface area (Å²) in [5, 5.41) is 10.3. The third-order valence-electron chi connectivity index (χ3n) is 2.84. The Bertz CT molecular complexity index is 675. The molecule has 0 aliphatic carbocycles. The molecule has 0 bridgehead atoms. The van der Waals surface area contributed by atoms with E-state index >= 15 is 0 Å². The highest BCUT2D eigenvalue weighted by molar-refractivity contribution is 7.89. The average Bonchev–Trinajstić information content (AvgIpc) is 2.76. The Hall–Kier alpha value is -2.13. The van der Waals surface area contributed by atoms with Gasteiger partial charge in [0, 0.05) is 0 Å². The lowest BCUT2D eigenvalue weighted by molar-refractivity contribution is -0.655. The molecule has 9 heteroatoms. The first kappa shape index (κ1) is 14.3. The number of nitro groups is 1. The molecule has 20 heavy (non-hydrogen) atoms. The van der Waals surface area contributed by atoms with Gasteiger partial charge in [0.25, 0.3) is 10.0 Å². The first-order valence-corrected chi connectivity index (χ1v) is 7.18. The minimum absolute atomic E-state index is 0.144. The predicted molar refractivity (Wildman–Crippen MR) is 70.8 cm³/mol. The zero-order chi connectivity index (χ0) is 15.1. The van der Waals surface area contributed by atoms with Crippen LogP contribution in [0.2, 0.25) is 0 Å².